The summed E-state index contributed by atoms with van der Waals surface area (Å²) in [5.74, 6) is -2.48. The van der Waals surface area contributed by atoms with Crippen LogP contribution in [0.25, 0.3) is 0 Å². The lowest BCUT2D eigenvalue weighted by Crippen LogP contribution is -2.56. The Balaban J connectivity index is 2.60. The maximum Gasteiger partial charge on any atom is 0.242 e. The number of hydrogen-bond donors (Lipinski definition) is 10. The SMILES string of the molecule is CC[C@H](C)[C@H](NC(=O)[C@@H](N)Cc1ccc(O)cc1)C(=O)NCCN[C@@H](CO)C(=O)N[C@@H](CCCN=C(N)N)C(N)=O. The zero-order valence-electron chi connectivity index (χ0n) is 23.6. The van der Waals surface area contributed by atoms with E-state index in [1.165, 1.54) is 12.1 Å². The number of nitrogens with one attached hydrogen (secondary N) is 4. The zero-order chi connectivity index (χ0) is 30.9. The summed E-state index contributed by atoms with van der Waals surface area (Å²) >= 11 is 0. The van der Waals surface area contributed by atoms with Crippen LogP contribution in [-0.4, -0.2) is 90.2 Å². The highest BCUT2D eigenvalue weighted by Crippen LogP contribution is 2.12. The number of aromatic hydroxyl groups is 1. The lowest BCUT2D eigenvalue weighted by molar-refractivity contribution is -0.130. The van der Waals surface area contributed by atoms with Gasteiger partial charge in [-0.25, -0.2) is 0 Å². The van der Waals surface area contributed by atoms with Crippen LogP contribution in [0.4, 0.5) is 0 Å². The summed E-state index contributed by atoms with van der Waals surface area (Å²) < 4.78 is 0. The average Bonchev–Trinajstić information content (AvgIpc) is 2.93. The number of rotatable bonds is 19. The van der Waals surface area contributed by atoms with Crippen LogP contribution in [-0.2, 0) is 25.6 Å². The minimum atomic E-state index is -1.06. The molecular formula is C26H45N9O6. The third-order valence-electron chi connectivity index (χ3n) is 6.44. The normalized spacial score (nSPS) is 14.5. The van der Waals surface area contributed by atoms with Crippen LogP contribution in [0.2, 0.25) is 0 Å². The Kier molecular flexibility index (Phi) is 15.7. The molecular weight excluding hydrogens is 534 g/mol. The fourth-order valence-corrected chi connectivity index (χ4v) is 3.78. The Morgan fingerprint density at radius 1 is 0.951 bits per heavy atom. The lowest BCUT2D eigenvalue weighted by atomic mass is 9.97. The molecule has 0 unspecified atom stereocenters. The van der Waals surface area contributed by atoms with Crippen LogP contribution in [0.15, 0.2) is 29.3 Å². The van der Waals surface area contributed by atoms with Crippen molar-refractivity contribution in [3.05, 3.63) is 29.8 Å². The van der Waals surface area contributed by atoms with Gasteiger partial charge in [-0.3, -0.25) is 24.2 Å². The van der Waals surface area contributed by atoms with Gasteiger partial charge < -0.3 is 54.4 Å². The van der Waals surface area contributed by atoms with E-state index in [0.717, 1.165) is 5.56 Å². The van der Waals surface area contributed by atoms with E-state index in [1.54, 1.807) is 12.1 Å². The van der Waals surface area contributed by atoms with Crippen LogP contribution in [0.3, 0.4) is 0 Å². The van der Waals surface area contributed by atoms with Gasteiger partial charge in [-0.2, -0.15) is 0 Å². The summed E-state index contributed by atoms with van der Waals surface area (Å²) in [7, 11) is 0. The molecule has 0 fully saturated rings. The smallest absolute Gasteiger partial charge is 0.242 e. The molecule has 41 heavy (non-hydrogen) atoms. The van der Waals surface area contributed by atoms with Gasteiger partial charge >= 0.3 is 0 Å². The van der Waals surface area contributed by atoms with Crippen molar-refractivity contribution in [1.82, 2.24) is 21.3 Å². The van der Waals surface area contributed by atoms with Gasteiger partial charge in [-0.15, -0.1) is 0 Å². The van der Waals surface area contributed by atoms with Crippen molar-refractivity contribution in [2.45, 2.75) is 63.7 Å². The van der Waals surface area contributed by atoms with E-state index in [2.05, 4.69) is 26.3 Å². The van der Waals surface area contributed by atoms with Gasteiger partial charge in [0.2, 0.25) is 23.6 Å². The molecule has 0 aromatic heterocycles. The molecule has 0 saturated heterocycles. The van der Waals surface area contributed by atoms with Crippen molar-refractivity contribution >= 4 is 29.6 Å². The lowest BCUT2D eigenvalue weighted by Gasteiger charge is -2.25. The molecule has 5 atom stereocenters. The summed E-state index contributed by atoms with van der Waals surface area (Å²) in [6.45, 7) is 3.60. The number of hydrogen-bond acceptors (Lipinski definition) is 9. The van der Waals surface area contributed by atoms with E-state index < -0.39 is 54.4 Å². The van der Waals surface area contributed by atoms with Gasteiger partial charge in [0.05, 0.1) is 12.6 Å². The minimum absolute atomic E-state index is 0.0861. The molecule has 0 aliphatic carbocycles. The maximum atomic E-state index is 12.9. The van der Waals surface area contributed by atoms with Crippen molar-refractivity contribution in [2.75, 3.05) is 26.2 Å². The van der Waals surface area contributed by atoms with Gasteiger partial charge in [-0.05, 0) is 42.9 Å². The van der Waals surface area contributed by atoms with Crippen molar-refractivity contribution < 1.29 is 29.4 Å². The number of benzene rings is 1. The highest BCUT2D eigenvalue weighted by atomic mass is 16.3. The molecule has 0 saturated carbocycles. The molecule has 0 aliphatic rings. The van der Waals surface area contributed by atoms with Gasteiger partial charge in [-0.1, -0.05) is 32.4 Å². The molecule has 14 N–H and O–H groups in total. The van der Waals surface area contributed by atoms with E-state index in [1.807, 2.05) is 13.8 Å². The van der Waals surface area contributed by atoms with E-state index in [9.17, 15) is 29.4 Å². The molecule has 230 valence electrons. The highest BCUT2D eigenvalue weighted by Gasteiger charge is 2.28. The Morgan fingerprint density at radius 3 is 2.17 bits per heavy atom. The van der Waals surface area contributed by atoms with E-state index in [-0.39, 0.29) is 50.1 Å². The molecule has 1 rings (SSSR count). The highest BCUT2D eigenvalue weighted by molar-refractivity contribution is 5.90. The van der Waals surface area contributed by atoms with Crippen molar-refractivity contribution in [2.24, 2.45) is 33.8 Å². The van der Waals surface area contributed by atoms with Crippen LogP contribution < -0.4 is 44.2 Å². The second-order valence-corrected chi connectivity index (χ2v) is 9.74. The van der Waals surface area contributed by atoms with Gasteiger partial charge in [0.15, 0.2) is 5.96 Å². The van der Waals surface area contributed by atoms with Crippen LogP contribution in [0, 0.1) is 5.92 Å². The number of aliphatic imine (C=N–C) groups is 1. The number of nitrogens with zero attached hydrogens (tertiary/aromatic N) is 1. The quantitative estimate of drug-likeness (QED) is 0.0447. The third-order valence-corrected chi connectivity index (χ3v) is 6.44. The van der Waals surface area contributed by atoms with Crippen molar-refractivity contribution in [3.8, 4) is 5.75 Å². The summed E-state index contributed by atoms with van der Waals surface area (Å²) in [4.78, 5) is 53.7. The van der Waals surface area contributed by atoms with Crippen LogP contribution in [0.5, 0.6) is 5.75 Å². The second-order valence-electron chi connectivity index (χ2n) is 9.74. The fourth-order valence-electron chi connectivity index (χ4n) is 3.78. The predicted octanol–water partition coefficient (Wildman–Crippen LogP) is -3.12. The van der Waals surface area contributed by atoms with Gasteiger partial charge in [0.25, 0.3) is 0 Å². The number of guanidine groups is 1. The van der Waals surface area contributed by atoms with Crippen LogP contribution >= 0.6 is 0 Å². The Bertz CT molecular complexity index is 1020. The summed E-state index contributed by atoms with van der Waals surface area (Å²) in [5, 5.41) is 29.8. The van der Waals surface area contributed by atoms with E-state index >= 15 is 0 Å². The number of primary amides is 1. The van der Waals surface area contributed by atoms with E-state index in [4.69, 9.17) is 22.9 Å². The average molecular weight is 580 g/mol. The zero-order valence-corrected chi connectivity index (χ0v) is 23.6. The Hall–Kier alpha value is -3.95. The van der Waals surface area contributed by atoms with Gasteiger partial charge in [0, 0.05) is 19.6 Å². The maximum absolute atomic E-state index is 12.9. The molecule has 15 heteroatoms. The summed E-state index contributed by atoms with van der Waals surface area (Å²) in [6, 6.07) is 2.55. The predicted molar refractivity (Wildman–Crippen MR) is 154 cm³/mol. The molecule has 0 heterocycles. The summed E-state index contributed by atoms with van der Waals surface area (Å²) in [5.41, 5.74) is 22.7. The Labute approximate surface area is 239 Å². The number of carbonyl (C=O) groups excluding carboxylic acids is 4. The number of carbonyl (C=O) groups is 4. The number of amides is 4. The number of phenols is 1. The first-order valence-corrected chi connectivity index (χ1v) is 13.5. The third kappa shape index (κ3) is 13.3. The number of aliphatic hydroxyl groups excluding tert-OH is 1. The van der Waals surface area contributed by atoms with Gasteiger partial charge in [0.1, 0.15) is 23.9 Å². The fraction of sp³-hybridized carbons (Fsp3) is 0.577. The number of nitrogens with two attached hydrogens (primary N) is 4. The Morgan fingerprint density at radius 2 is 1.61 bits per heavy atom. The van der Waals surface area contributed by atoms with Crippen LogP contribution in [0.1, 0.15) is 38.7 Å². The summed E-state index contributed by atoms with van der Waals surface area (Å²) in [6.07, 6.45) is 1.43. The van der Waals surface area contributed by atoms with Crippen molar-refractivity contribution in [3.63, 3.8) is 0 Å². The second kappa shape index (κ2) is 18.4. The number of phenolic OH excluding ortho intramolecular Hbond substituents is 1. The molecule has 1 aromatic carbocycles. The van der Waals surface area contributed by atoms with Crippen molar-refractivity contribution in [1.29, 1.82) is 0 Å². The first-order chi connectivity index (χ1) is 19.4. The molecule has 4 amide bonds. The topological polar surface area (TPSA) is 273 Å². The first kappa shape index (κ1) is 35.1. The standard InChI is InChI=1S/C26H45N9O6/c1-3-15(2)21(35-23(39)18(27)13-16-6-8-17(37)9-7-16)25(41)32-12-11-31-20(14-36)24(40)34-19(22(28)38)5-4-10-33-26(29)30/h6-9,15,18-21,31,36-37H,3-5,10-14,27H2,1-2H3,(H2,28,38)(H,32,41)(H,34,40)(H,35,39)(H4,29,30,33)/t15-,18-,19-,20-,21-/m0/s1. The molecule has 15 nitrogen and oxygen atoms in total. The number of aliphatic hydroxyl groups is 1. The minimum Gasteiger partial charge on any atom is -0.508 e. The largest absolute Gasteiger partial charge is 0.508 e. The molecule has 1 aromatic rings. The molecule has 0 spiro atoms. The van der Waals surface area contributed by atoms with E-state index in [0.29, 0.717) is 12.8 Å². The molecule has 0 bridgehead atoms. The first-order valence-electron chi connectivity index (χ1n) is 13.5. The molecule has 0 radical (unpaired) electrons. The monoisotopic (exact) mass is 579 g/mol. The molecule has 0 aliphatic heterocycles.